The van der Waals surface area contributed by atoms with Crippen molar-refractivity contribution in [2.45, 2.75) is 38.3 Å². The van der Waals surface area contributed by atoms with Gasteiger partial charge in [0.15, 0.2) is 5.13 Å². The summed E-state index contributed by atoms with van der Waals surface area (Å²) in [7, 11) is 0. The average molecular weight is 474 g/mol. The summed E-state index contributed by atoms with van der Waals surface area (Å²) in [5.41, 5.74) is 2.38. The Kier molecular flexibility index (Phi) is 7.40. The number of rotatable bonds is 8. The number of aromatic nitrogens is 1. The van der Waals surface area contributed by atoms with Crippen LogP contribution < -0.4 is 10.2 Å². The molecule has 0 saturated carbocycles. The van der Waals surface area contributed by atoms with Crippen LogP contribution in [0.1, 0.15) is 26.2 Å². The van der Waals surface area contributed by atoms with Crippen molar-refractivity contribution in [3.8, 4) is 11.3 Å². The van der Waals surface area contributed by atoms with Crippen molar-refractivity contribution in [3.05, 3.63) is 64.8 Å². The predicted molar refractivity (Wildman–Crippen MR) is 127 cm³/mol. The second-order valence-corrected chi connectivity index (χ2v) is 8.95. The quantitative estimate of drug-likeness (QED) is 0.448. The number of benzene rings is 2. The average Bonchev–Trinajstić information content (AvgIpc) is 3.49. The van der Waals surface area contributed by atoms with E-state index in [2.05, 4.69) is 5.32 Å². The van der Waals surface area contributed by atoms with E-state index in [1.807, 2.05) is 29.3 Å². The topological polar surface area (TPSA) is 54.5 Å². The van der Waals surface area contributed by atoms with Gasteiger partial charge >= 0.3 is 0 Å². The summed E-state index contributed by atoms with van der Waals surface area (Å²) in [5, 5.41) is 6.28. The number of carbonyl (C=O) groups is 1. The van der Waals surface area contributed by atoms with Gasteiger partial charge in [-0.3, -0.25) is 4.79 Å². The Balaban J connectivity index is 1.62. The second kappa shape index (κ2) is 10.4. The van der Waals surface area contributed by atoms with Crippen LogP contribution in [-0.2, 0) is 9.53 Å². The van der Waals surface area contributed by atoms with Gasteiger partial charge in [-0.1, -0.05) is 18.5 Å². The Hall–Kier alpha value is -2.48. The van der Waals surface area contributed by atoms with Crippen LogP contribution in [0.5, 0.6) is 0 Å². The number of ether oxygens (including phenoxy) is 1. The van der Waals surface area contributed by atoms with Gasteiger partial charge in [0, 0.05) is 34.8 Å². The van der Waals surface area contributed by atoms with E-state index in [-0.39, 0.29) is 17.8 Å². The zero-order valence-electron chi connectivity index (χ0n) is 17.8. The van der Waals surface area contributed by atoms with E-state index < -0.39 is 6.04 Å². The normalized spacial score (nSPS) is 16.7. The molecule has 0 bridgehead atoms. The first kappa shape index (κ1) is 22.7. The molecule has 1 aliphatic rings. The third kappa shape index (κ3) is 5.28. The third-order valence-electron chi connectivity index (χ3n) is 5.47. The Labute approximate surface area is 196 Å². The first-order valence-electron chi connectivity index (χ1n) is 10.7. The van der Waals surface area contributed by atoms with Crippen LogP contribution in [-0.4, -0.2) is 36.2 Å². The summed E-state index contributed by atoms with van der Waals surface area (Å²) in [6, 6.07) is 13.2. The van der Waals surface area contributed by atoms with Gasteiger partial charge in [0.1, 0.15) is 11.9 Å². The van der Waals surface area contributed by atoms with Crippen molar-refractivity contribution in [2.24, 2.45) is 0 Å². The number of hydrogen-bond acceptors (Lipinski definition) is 5. The fourth-order valence-corrected chi connectivity index (χ4v) is 4.81. The summed E-state index contributed by atoms with van der Waals surface area (Å²) < 4.78 is 19.0. The van der Waals surface area contributed by atoms with Gasteiger partial charge in [0.05, 0.1) is 11.8 Å². The molecule has 3 aromatic rings. The van der Waals surface area contributed by atoms with Gasteiger partial charge in [-0.25, -0.2) is 9.37 Å². The molecule has 5 nitrogen and oxygen atoms in total. The highest BCUT2D eigenvalue weighted by Crippen LogP contribution is 2.35. The maximum atomic E-state index is 13.3. The lowest BCUT2D eigenvalue weighted by Gasteiger charge is -2.30. The number of halogens is 2. The van der Waals surface area contributed by atoms with E-state index >= 15 is 0 Å². The van der Waals surface area contributed by atoms with E-state index in [0.717, 1.165) is 36.4 Å². The molecule has 0 aliphatic carbocycles. The van der Waals surface area contributed by atoms with Crippen molar-refractivity contribution < 1.29 is 13.9 Å². The molecule has 2 atom stereocenters. The van der Waals surface area contributed by atoms with Crippen LogP contribution >= 0.6 is 22.9 Å². The van der Waals surface area contributed by atoms with Crippen LogP contribution in [0.4, 0.5) is 15.2 Å². The smallest absolute Gasteiger partial charge is 0.243 e. The molecule has 0 unspecified atom stereocenters. The summed E-state index contributed by atoms with van der Waals surface area (Å²) in [5.74, 6) is -0.363. The number of carbonyl (C=O) groups excluding carboxylic acids is 1. The van der Waals surface area contributed by atoms with Crippen LogP contribution in [0.3, 0.4) is 0 Å². The summed E-state index contributed by atoms with van der Waals surface area (Å²) in [4.78, 5) is 19.9. The highest BCUT2D eigenvalue weighted by Gasteiger charge is 2.29. The van der Waals surface area contributed by atoms with Crippen molar-refractivity contribution in [1.29, 1.82) is 0 Å². The zero-order chi connectivity index (χ0) is 22.5. The molecule has 32 heavy (non-hydrogen) atoms. The van der Waals surface area contributed by atoms with Gasteiger partial charge in [0.2, 0.25) is 5.91 Å². The summed E-state index contributed by atoms with van der Waals surface area (Å²) in [6.45, 7) is 3.23. The third-order valence-corrected chi connectivity index (χ3v) is 6.56. The molecule has 1 amide bonds. The number of thiazole rings is 1. The van der Waals surface area contributed by atoms with Crippen LogP contribution in [0.2, 0.25) is 5.02 Å². The monoisotopic (exact) mass is 473 g/mol. The molecule has 8 heteroatoms. The lowest BCUT2D eigenvalue weighted by Crippen LogP contribution is -2.46. The molecule has 2 aromatic carbocycles. The molecule has 1 aromatic heterocycles. The lowest BCUT2D eigenvalue weighted by molar-refractivity contribution is -0.122. The van der Waals surface area contributed by atoms with E-state index in [1.165, 1.54) is 23.5 Å². The van der Waals surface area contributed by atoms with Crippen LogP contribution in [0, 0.1) is 5.82 Å². The highest BCUT2D eigenvalue weighted by atomic mass is 35.5. The SMILES string of the molecule is CC[C@H](C(=O)NC[C@H]1CCCO1)N(c1ccc(Cl)cc1)c1nc(-c2ccc(F)cc2)cs1. The fourth-order valence-electron chi connectivity index (χ4n) is 3.78. The molecule has 2 heterocycles. The van der Waals surface area contributed by atoms with E-state index in [4.69, 9.17) is 21.3 Å². The molecular weight excluding hydrogens is 449 g/mol. The zero-order valence-corrected chi connectivity index (χ0v) is 19.3. The molecule has 1 fully saturated rings. The molecular formula is C24H25ClFN3O2S. The van der Waals surface area contributed by atoms with E-state index in [9.17, 15) is 9.18 Å². The second-order valence-electron chi connectivity index (χ2n) is 7.67. The van der Waals surface area contributed by atoms with Gasteiger partial charge in [-0.2, -0.15) is 0 Å². The predicted octanol–water partition coefficient (Wildman–Crippen LogP) is 5.81. The molecule has 0 spiro atoms. The maximum Gasteiger partial charge on any atom is 0.243 e. The number of anilines is 2. The van der Waals surface area contributed by atoms with E-state index in [0.29, 0.717) is 23.1 Å². The van der Waals surface area contributed by atoms with Crippen molar-refractivity contribution in [3.63, 3.8) is 0 Å². The fraction of sp³-hybridized carbons (Fsp3) is 0.333. The minimum atomic E-state index is -0.454. The van der Waals surface area contributed by atoms with Gasteiger partial charge in [0.25, 0.3) is 0 Å². The number of nitrogens with zero attached hydrogens (tertiary/aromatic N) is 2. The highest BCUT2D eigenvalue weighted by molar-refractivity contribution is 7.14. The first-order chi connectivity index (χ1) is 15.5. The van der Waals surface area contributed by atoms with E-state index in [1.54, 1.807) is 24.3 Å². The molecule has 0 radical (unpaired) electrons. The Bertz CT molecular complexity index is 1040. The number of hydrogen-bond donors (Lipinski definition) is 1. The summed E-state index contributed by atoms with van der Waals surface area (Å²) in [6.07, 6.45) is 2.65. The van der Waals surface area contributed by atoms with Crippen LogP contribution in [0.15, 0.2) is 53.9 Å². The van der Waals surface area contributed by atoms with Gasteiger partial charge < -0.3 is 15.0 Å². The molecule has 1 N–H and O–H groups in total. The van der Waals surface area contributed by atoms with Gasteiger partial charge in [-0.15, -0.1) is 11.3 Å². The lowest BCUT2D eigenvalue weighted by atomic mass is 10.1. The minimum Gasteiger partial charge on any atom is -0.376 e. The molecule has 1 saturated heterocycles. The standard InChI is InChI=1S/C24H25ClFN3O2S/c1-2-22(23(30)27-14-20-4-3-13-31-20)29(19-11-7-17(25)8-12-19)24-28-21(15-32-24)16-5-9-18(26)10-6-16/h5-12,15,20,22H,2-4,13-14H2,1H3,(H,27,30)/t20-,22-/m1/s1. The minimum absolute atomic E-state index is 0.0727. The maximum absolute atomic E-state index is 13.3. The Morgan fingerprint density at radius 3 is 2.69 bits per heavy atom. The Morgan fingerprint density at radius 2 is 2.03 bits per heavy atom. The molecule has 4 rings (SSSR count). The van der Waals surface area contributed by atoms with Crippen molar-refractivity contribution in [1.82, 2.24) is 10.3 Å². The number of nitrogens with one attached hydrogen (secondary N) is 1. The molecule has 168 valence electrons. The van der Waals surface area contributed by atoms with Crippen molar-refractivity contribution >= 4 is 39.7 Å². The number of amides is 1. The first-order valence-corrected chi connectivity index (χ1v) is 12.0. The Morgan fingerprint density at radius 1 is 1.28 bits per heavy atom. The largest absolute Gasteiger partial charge is 0.376 e. The van der Waals surface area contributed by atoms with Gasteiger partial charge in [-0.05, 0) is 67.8 Å². The van der Waals surface area contributed by atoms with Crippen LogP contribution in [0.25, 0.3) is 11.3 Å². The van der Waals surface area contributed by atoms with Crippen molar-refractivity contribution in [2.75, 3.05) is 18.1 Å². The molecule has 1 aliphatic heterocycles. The summed E-state index contributed by atoms with van der Waals surface area (Å²) >= 11 is 7.55.